The standard InChI is InChI=1S/C10H19N3O/c1-9(2)14-5-4-11-6-10-7-12-13(3)8-10/h7-9,11H,4-6H2,1-3H3. The first kappa shape index (κ1) is 11.2. The average Bonchev–Trinajstić information content (AvgIpc) is 2.50. The van der Waals surface area contributed by atoms with Crippen molar-refractivity contribution >= 4 is 0 Å². The van der Waals surface area contributed by atoms with Crippen molar-refractivity contribution < 1.29 is 4.74 Å². The molecule has 0 spiro atoms. The number of rotatable bonds is 6. The molecule has 0 radical (unpaired) electrons. The molecule has 1 rings (SSSR count). The Morgan fingerprint density at radius 2 is 2.36 bits per heavy atom. The minimum atomic E-state index is 0.315. The fraction of sp³-hybridized carbons (Fsp3) is 0.700. The predicted molar refractivity (Wildman–Crippen MR) is 56.0 cm³/mol. The highest BCUT2D eigenvalue weighted by atomic mass is 16.5. The predicted octanol–water partition coefficient (Wildman–Crippen LogP) is 0.935. The molecule has 0 fully saturated rings. The molecule has 0 bridgehead atoms. The number of hydrogen-bond acceptors (Lipinski definition) is 3. The van der Waals surface area contributed by atoms with Gasteiger partial charge in [0, 0.05) is 31.9 Å². The van der Waals surface area contributed by atoms with Crippen molar-refractivity contribution in [3.05, 3.63) is 18.0 Å². The molecule has 0 atom stereocenters. The second kappa shape index (κ2) is 5.78. The maximum atomic E-state index is 5.40. The van der Waals surface area contributed by atoms with Gasteiger partial charge in [-0.05, 0) is 13.8 Å². The Labute approximate surface area is 85.3 Å². The minimum Gasteiger partial charge on any atom is -0.377 e. The molecule has 0 saturated carbocycles. The SMILES string of the molecule is CC(C)OCCNCc1cnn(C)c1. The number of nitrogens with one attached hydrogen (secondary N) is 1. The normalized spacial score (nSPS) is 11.1. The van der Waals surface area contributed by atoms with E-state index in [0.717, 1.165) is 19.7 Å². The lowest BCUT2D eigenvalue weighted by atomic mass is 10.3. The summed E-state index contributed by atoms with van der Waals surface area (Å²) in [5, 5.41) is 7.38. The molecule has 14 heavy (non-hydrogen) atoms. The first-order valence-electron chi connectivity index (χ1n) is 4.98. The lowest BCUT2D eigenvalue weighted by molar-refractivity contribution is 0.0807. The molecule has 1 heterocycles. The number of hydrogen-bond donors (Lipinski definition) is 1. The summed E-state index contributed by atoms with van der Waals surface area (Å²) in [6.45, 7) is 6.59. The molecule has 0 aliphatic heterocycles. The van der Waals surface area contributed by atoms with Gasteiger partial charge in [-0.15, -0.1) is 0 Å². The van der Waals surface area contributed by atoms with E-state index < -0.39 is 0 Å². The summed E-state index contributed by atoms with van der Waals surface area (Å²) < 4.78 is 7.21. The van der Waals surface area contributed by atoms with Crippen LogP contribution in [0.3, 0.4) is 0 Å². The van der Waals surface area contributed by atoms with Crippen LogP contribution in [0.5, 0.6) is 0 Å². The van der Waals surface area contributed by atoms with Crippen LogP contribution in [0, 0.1) is 0 Å². The van der Waals surface area contributed by atoms with Gasteiger partial charge in [0.1, 0.15) is 0 Å². The zero-order valence-corrected chi connectivity index (χ0v) is 9.16. The summed E-state index contributed by atoms with van der Waals surface area (Å²) in [7, 11) is 1.92. The van der Waals surface area contributed by atoms with E-state index >= 15 is 0 Å². The molecule has 1 aromatic rings. The van der Waals surface area contributed by atoms with Gasteiger partial charge in [-0.25, -0.2) is 0 Å². The van der Waals surface area contributed by atoms with Crippen molar-refractivity contribution in [1.82, 2.24) is 15.1 Å². The van der Waals surface area contributed by atoms with E-state index in [1.807, 2.05) is 38.0 Å². The van der Waals surface area contributed by atoms with E-state index in [4.69, 9.17) is 4.74 Å². The molecule has 1 aromatic heterocycles. The summed E-state index contributed by atoms with van der Waals surface area (Å²) in [5.74, 6) is 0. The van der Waals surface area contributed by atoms with Crippen LogP contribution in [-0.4, -0.2) is 29.0 Å². The summed E-state index contributed by atoms with van der Waals surface area (Å²) in [6, 6.07) is 0. The van der Waals surface area contributed by atoms with Crippen LogP contribution in [0.1, 0.15) is 19.4 Å². The Kier molecular flexibility index (Phi) is 4.62. The van der Waals surface area contributed by atoms with Crippen molar-refractivity contribution in [2.45, 2.75) is 26.5 Å². The minimum absolute atomic E-state index is 0.315. The second-order valence-corrected chi connectivity index (χ2v) is 3.62. The smallest absolute Gasteiger partial charge is 0.0594 e. The molecule has 80 valence electrons. The zero-order valence-electron chi connectivity index (χ0n) is 9.16. The molecule has 4 heteroatoms. The van der Waals surface area contributed by atoms with Crippen LogP contribution in [0.25, 0.3) is 0 Å². The van der Waals surface area contributed by atoms with Crippen molar-refractivity contribution in [3.8, 4) is 0 Å². The number of ether oxygens (including phenoxy) is 1. The van der Waals surface area contributed by atoms with Crippen molar-refractivity contribution in [3.63, 3.8) is 0 Å². The van der Waals surface area contributed by atoms with E-state index in [1.165, 1.54) is 5.56 Å². The van der Waals surface area contributed by atoms with E-state index in [-0.39, 0.29) is 0 Å². The Bertz CT molecular complexity index is 258. The van der Waals surface area contributed by atoms with E-state index in [2.05, 4.69) is 10.4 Å². The van der Waals surface area contributed by atoms with Crippen LogP contribution in [0.15, 0.2) is 12.4 Å². The van der Waals surface area contributed by atoms with Gasteiger partial charge < -0.3 is 10.1 Å². The molecular formula is C10H19N3O. The molecule has 0 unspecified atom stereocenters. The molecule has 0 saturated heterocycles. The maximum absolute atomic E-state index is 5.40. The quantitative estimate of drug-likeness (QED) is 0.690. The van der Waals surface area contributed by atoms with E-state index in [0.29, 0.717) is 6.10 Å². The van der Waals surface area contributed by atoms with Crippen LogP contribution in [-0.2, 0) is 18.3 Å². The van der Waals surface area contributed by atoms with Gasteiger partial charge in [-0.2, -0.15) is 5.10 Å². The van der Waals surface area contributed by atoms with Gasteiger partial charge in [0.05, 0.1) is 18.9 Å². The molecule has 0 amide bonds. The third-order valence-electron chi connectivity index (χ3n) is 1.82. The molecule has 4 nitrogen and oxygen atoms in total. The fourth-order valence-corrected chi connectivity index (χ4v) is 1.16. The molecule has 0 aromatic carbocycles. The van der Waals surface area contributed by atoms with Crippen LogP contribution >= 0.6 is 0 Å². The van der Waals surface area contributed by atoms with Crippen molar-refractivity contribution in [2.75, 3.05) is 13.2 Å². The van der Waals surface area contributed by atoms with Crippen LogP contribution in [0.4, 0.5) is 0 Å². The third kappa shape index (κ3) is 4.39. The highest BCUT2D eigenvalue weighted by Crippen LogP contribution is 1.94. The monoisotopic (exact) mass is 197 g/mol. The molecule has 0 aliphatic rings. The van der Waals surface area contributed by atoms with Crippen LogP contribution < -0.4 is 5.32 Å². The fourth-order valence-electron chi connectivity index (χ4n) is 1.16. The van der Waals surface area contributed by atoms with Gasteiger partial charge in [0.25, 0.3) is 0 Å². The van der Waals surface area contributed by atoms with Gasteiger partial charge in [-0.3, -0.25) is 4.68 Å². The highest BCUT2D eigenvalue weighted by molar-refractivity contribution is 5.02. The first-order chi connectivity index (χ1) is 6.68. The number of nitrogens with zero attached hydrogens (tertiary/aromatic N) is 2. The first-order valence-corrected chi connectivity index (χ1v) is 4.98. The topological polar surface area (TPSA) is 39.1 Å². The van der Waals surface area contributed by atoms with Crippen molar-refractivity contribution in [1.29, 1.82) is 0 Å². The molecular weight excluding hydrogens is 178 g/mol. The van der Waals surface area contributed by atoms with Gasteiger partial charge in [0.15, 0.2) is 0 Å². The third-order valence-corrected chi connectivity index (χ3v) is 1.82. The summed E-state index contributed by atoms with van der Waals surface area (Å²) in [6.07, 6.45) is 4.20. The number of aromatic nitrogens is 2. The largest absolute Gasteiger partial charge is 0.377 e. The summed E-state index contributed by atoms with van der Waals surface area (Å²) >= 11 is 0. The molecule has 0 aliphatic carbocycles. The molecule has 1 N–H and O–H groups in total. The Balaban J connectivity index is 2.04. The Morgan fingerprint density at radius 3 is 2.93 bits per heavy atom. The Morgan fingerprint density at radius 1 is 1.57 bits per heavy atom. The highest BCUT2D eigenvalue weighted by Gasteiger charge is 1.95. The average molecular weight is 197 g/mol. The lowest BCUT2D eigenvalue weighted by Gasteiger charge is -2.07. The van der Waals surface area contributed by atoms with Crippen LogP contribution in [0.2, 0.25) is 0 Å². The maximum Gasteiger partial charge on any atom is 0.0594 e. The van der Waals surface area contributed by atoms with E-state index in [1.54, 1.807) is 0 Å². The number of aryl methyl sites for hydroxylation is 1. The second-order valence-electron chi connectivity index (χ2n) is 3.62. The lowest BCUT2D eigenvalue weighted by Crippen LogP contribution is -2.20. The zero-order chi connectivity index (χ0) is 10.4. The van der Waals surface area contributed by atoms with Gasteiger partial charge in [-0.1, -0.05) is 0 Å². The summed E-state index contributed by atoms with van der Waals surface area (Å²) in [4.78, 5) is 0. The van der Waals surface area contributed by atoms with Gasteiger partial charge >= 0.3 is 0 Å². The Hall–Kier alpha value is -0.870. The van der Waals surface area contributed by atoms with E-state index in [9.17, 15) is 0 Å². The van der Waals surface area contributed by atoms with Gasteiger partial charge in [0.2, 0.25) is 0 Å². The summed E-state index contributed by atoms with van der Waals surface area (Å²) in [5.41, 5.74) is 1.21. The van der Waals surface area contributed by atoms with Crippen molar-refractivity contribution in [2.24, 2.45) is 7.05 Å².